The third-order valence-corrected chi connectivity index (χ3v) is 3.83. The van der Waals surface area contributed by atoms with E-state index >= 15 is 0 Å². The molecule has 1 fully saturated rings. The van der Waals surface area contributed by atoms with Crippen LogP contribution in [0.4, 0.5) is 0 Å². The van der Waals surface area contributed by atoms with Crippen molar-refractivity contribution in [1.29, 1.82) is 5.26 Å². The highest BCUT2D eigenvalue weighted by Crippen LogP contribution is 2.38. The zero-order chi connectivity index (χ0) is 13.1. The summed E-state index contributed by atoms with van der Waals surface area (Å²) >= 11 is 0. The minimum atomic E-state index is 0.160. The molecule has 2 nitrogen and oxygen atoms in total. The lowest BCUT2D eigenvalue weighted by molar-refractivity contribution is 0.104. The van der Waals surface area contributed by atoms with Crippen molar-refractivity contribution >= 4 is 0 Å². The van der Waals surface area contributed by atoms with Gasteiger partial charge in [-0.15, -0.1) is 0 Å². The van der Waals surface area contributed by atoms with E-state index in [4.69, 9.17) is 0 Å². The fourth-order valence-electron chi connectivity index (χ4n) is 3.52. The number of rotatable bonds is 4. The van der Waals surface area contributed by atoms with E-state index in [0.717, 1.165) is 19.3 Å². The van der Waals surface area contributed by atoms with E-state index in [1.807, 2.05) is 0 Å². The number of nitrogens with one attached hydrogen (secondary N) is 1. The second-order valence-corrected chi connectivity index (χ2v) is 6.94. The fourth-order valence-corrected chi connectivity index (χ4v) is 3.52. The fraction of sp³-hybridized carbons (Fsp3) is 0.933. The van der Waals surface area contributed by atoms with Crippen LogP contribution in [-0.4, -0.2) is 11.1 Å². The molecule has 1 aliphatic rings. The van der Waals surface area contributed by atoms with E-state index in [2.05, 4.69) is 46.0 Å². The van der Waals surface area contributed by atoms with Gasteiger partial charge in [0.25, 0.3) is 0 Å². The summed E-state index contributed by atoms with van der Waals surface area (Å²) in [5.74, 6) is 0.799. The van der Waals surface area contributed by atoms with E-state index in [1.165, 1.54) is 12.8 Å². The van der Waals surface area contributed by atoms with Gasteiger partial charge in [0.2, 0.25) is 0 Å². The van der Waals surface area contributed by atoms with Crippen LogP contribution in [0, 0.1) is 23.2 Å². The van der Waals surface area contributed by atoms with Crippen molar-refractivity contribution in [3.8, 4) is 6.07 Å². The molecule has 17 heavy (non-hydrogen) atoms. The first-order valence-electron chi connectivity index (χ1n) is 6.98. The first-order valence-corrected chi connectivity index (χ1v) is 6.98. The predicted molar refractivity (Wildman–Crippen MR) is 72.6 cm³/mol. The van der Waals surface area contributed by atoms with Crippen molar-refractivity contribution in [3.63, 3.8) is 0 Å². The smallest absolute Gasteiger partial charge is 0.0658 e. The highest BCUT2D eigenvalue weighted by atomic mass is 15.0. The number of piperidine rings is 1. The van der Waals surface area contributed by atoms with E-state index < -0.39 is 0 Å². The van der Waals surface area contributed by atoms with Crippen LogP contribution in [0.3, 0.4) is 0 Å². The van der Waals surface area contributed by atoms with Gasteiger partial charge in [0.1, 0.15) is 0 Å². The van der Waals surface area contributed by atoms with Gasteiger partial charge in [0.05, 0.1) is 6.07 Å². The molecule has 1 saturated heterocycles. The number of nitrogens with zero attached hydrogens (tertiary/aromatic N) is 1. The lowest BCUT2D eigenvalue weighted by atomic mass is 9.70. The molecule has 0 bridgehead atoms. The largest absolute Gasteiger partial charge is 0.307 e. The lowest BCUT2D eigenvalue weighted by Crippen LogP contribution is -2.58. The van der Waals surface area contributed by atoms with Crippen LogP contribution in [0.2, 0.25) is 0 Å². The number of hydrogen-bond acceptors (Lipinski definition) is 2. The van der Waals surface area contributed by atoms with Crippen molar-refractivity contribution < 1.29 is 0 Å². The van der Waals surface area contributed by atoms with Gasteiger partial charge in [-0.05, 0) is 52.9 Å². The topological polar surface area (TPSA) is 35.8 Å². The maximum Gasteiger partial charge on any atom is 0.0658 e. The summed E-state index contributed by atoms with van der Waals surface area (Å²) in [6, 6.07) is 2.55. The van der Waals surface area contributed by atoms with Gasteiger partial charge in [0.15, 0.2) is 0 Å². The molecule has 1 atom stereocenters. The van der Waals surface area contributed by atoms with Crippen LogP contribution in [0.1, 0.15) is 66.7 Å². The van der Waals surface area contributed by atoms with Crippen LogP contribution in [0.5, 0.6) is 0 Å². The molecular weight excluding hydrogens is 208 g/mol. The Bertz CT molecular complexity index is 270. The zero-order valence-electron chi connectivity index (χ0n) is 12.1. The summed E-state index contributed by atoms with van der Waals surface area (Å²) < 4.78 is 0. The quantitative estimate of drug-likeness (QED) is 0.804. The highest BCUT2D eigenvalue weighted by molar-refractivity contribution is 5.02. The first-order chi connectivity index (χ1) is 7.79. The molecule has 1 N–H and O–H groups in total. The third-order valence-electron chi connectivity index (χ3n) is 3.83. The molecule has 0 saturated carbocycles. The minimum absolute atomic E-state index is 0.160. The van der Waals surface area contributed by atoms with Gasteiger partial charge in [0, 0.05) is 17.0 Å². The predicted octanol–water partition coefficient (Wildman–Crippen LogP) is 3.87. The van der Waals surface area contributed by atoms with Crippen molar-refractivity contribution in [2.75, 3.05) is 0 Å². The van der Waals surface area contributed by atoms with E-state index in [-0.39, 0.29) is 17.0 Å². The maximum absolute atomic E-state index is 9.37. The van der Waals surface area contributed by atoms with Crippen LogP contribution in [0.25, 0.3) is 0 Å². The molecule has 0 spiro atoms. The van der Waals surface area contributed by atoms with Crippen molar-refractivity contribution in [2.24, 2.45) is 11.8 Å². The van der Waals surface area contributed by atoms with Crippen LogP contribution in [-0.2, 0) is 0 Å². The van der Waals surface area contributed by atoms with Gasteiger partial charge >= 0.3 is 0 Å². The molecule has 0 aromatic rings. The summed E-state index contributed by atoms with van der Waals surface area (Å²) in [5.41, 5.74) is 0.321. The van der Waals surface area contributed by atoms with Gasteiger partial charge in [-0.25, -0.2) is 0 Å². The Labute approximate surface area is 107 Å². The molecule has 0 amide bonds. The van der Waals surface area contributed by atoms with Crippen molar-refractivity contribution in [3.05, 3.63) is 0 Å². The third kappa shape index (κ3) is 4.32. The van der Waals surface area contributed by atoms with Gasteiger partial charge < -0.3 is 5.32 Å². The summed E-state index contributed by atoms with van der Waals surface area (Å²) in [6.07, 6.45) is 5.69. The summed E-state index contributed by atoms with van der Waals surface area (Å²) in [6.45, 7) is 11.2. The molecule has 0 aromatic carbocycles. The Morgan fingerprint density at radius 2 is 1.76 bits per heavy atom. The van der Waals surface area contributed by atoms with Crippen molar-refractivity contribution in [2.45, 2.75) is 77.8 Å². The summed E-state index contributed by atoms with van der Waals surface area (Å²) in [4.78, 5) is 0. The van der Waals surface area contributed by atoms with Crippen molar-refractivity contribution in [1.82, 2.24) is 5.32 Å². The van der Waals surface area contributed by atoms with Crippen LogP contribution in [0.15, 0.2) is 0 Å². The Balaban J connectivity index is 2.72. The van der Waals surface area contributed by atoms with Crippen LogP contribution >= 0.6 is 0 Å². The number of unbranched alkanes of at least 4 members (excludes halogenated alkanes) is 1. The molecule has 0 aromatic heterocycles. The molecule has 98 valence electrons. The molecule has 0 aliphatic carbocycles. The molecule has 1 rings (SSSR count). The SMILES string of the molecule is CCCCC(C#N)C1CC(C)(C)NC(C)(C)C1. The van der Waals surface area contributed by atoms with E-state index in [0.29, 0.717) is 5.92 Å². The second-order valence-electron chi connectivity index (χ2n) is 6.94. The average Bonchev–Trinajstić information content (AvgIpc) is 2.14. The first kappa shape index (κ1) is 14.5. The monoisotopic (exact) mass is 236 g/mol. The molecule has 1 unspecified atom stereocenters. The van der Waals surface area contributed by atoms with E-state index in [9.17, 15) is 5.26 Å². The highest BCUT2D eigenvalue weighted by Gasteiger charge is 2.40. The molecule has 0 radical (unpaired) electrons. The zero-order valence-corrected chi connectivity index (χ0v) is 12.1. The van der Waals surface area contributed by atoms with Gasteiger partial charge in [-0.1, -0.05) is 19.8 Å². The van der Waals surface area contributed by atoms with Crippen LogP contribution < -0.4 is 5.32 Å². The Morgan fingerprint density at radius 3 is 2.18 bits per heavy atom. The number of hydrogen-bond donors (Lipinski definition) is 1. The maximum atomic E-state index is 9.37. The molecule has 1 heterocycles. The normalized spacial score (nSPS) is 25.2. The van der Waals surface area contributed by atoms with E-state index in [1.54, 1.807) is 0 Å². The Kier molecular flexibility index (Phi) is 4.61. The summed E-state index contributed by atoms with van der Waals surface area (Å²) in [5, 5.41) is 13.1. The number of nitriles is 1. The second kappa shape index (κ2) is 5.40. The Hall–Kier alpha value is -0.550. The molecular formula is C15H28N2. The van der Waals surface area contributed by atoms with Gasteiger partial charge in [-0.2, -0.15) is 5.26 Å². The standard InChI is InChI=1S/C15H28N2/c1-6-7-8-12(11-16)13-9-14(2,3)17-15(4,5)10-13/h12-13,17H,6-10H2,1-5H3. The lowest BCUT2D eigenvalue weighted by Gasteiger charge is -2.47. The summed E-state index contributed by atoms with van der Waals surface area (Å²) in [7, 11) is 0. The molecule has 1 aliphatic heterocycles. The average molecular weight is 236 g/mol. The Morgan fingerprint density at radius 1 is 1.24 bits per heavy atom. The minimum Gasteiger partial charge on any atom is -0.307 e. The molecule has 2 heteroatoms. The van der Waals surface area contributed by atoms with Gasteiger partial charge in [-0.3, -0.25) is 0 Å².